The van der Waals surface area contributed by atoms with E-state index in [1.54, 1.807) is 0 Å². The van der Waals surface area contributed by atoms with E-state index in [1.165, 1.54) is 64.7 Å². The lowest BCUT2D eigenvalue weighted by Crippen LogP contribution is -2.44. The van der Waals surface area contributed by atoms with E-state index in [0.29, 0.717) is 0 Å². The van der Waals surface area contributed by atoms with E-state index < -0.39 is 0 Å². The molecule has 1 rings (SSSR count). The zero-order valence-electron chi connectivity index (χ0n) is 12.2. The third-order valence-corrected chi connectivity index (χ3v) is 3.69. The first-order valence-corrected chi connectivity index (χ1v) is 7.68. The average Bonchev–Trinajstić information content (AvgIpc) is 2.30. The Balaban J connectivity index is 2.21. The van der Waals surface area contributed by atoms with Gasteiger partial charge >= 0.3 is 0 Å². The topological polar surface area (TPSA) is 15.3 Å². The molecule has 1 fully saturated rings. The first-order chi connectivity index (χ1) is 8.22. The standard InChI is InChI=1S/C15H32N2/c1-4-11-17(12-7-8-14(2)3)13-15-9-5-6-10-16-15/h14-16H,4-13H2,1-3H3. The predicted octanol–water partition coefficient (Wildman–Crippen LogP) is 3.28. The van der Waals surface area contributed by atoms with Crippen LogP contribution in [0.15, 0.2) is 0 Å². The van der Waals surface area contributed by atoms with Crippen molar-refractivity contribution >= 4 is 0 Å². The van der Waals surface area contributed by atoms with Crippen LogP contribution in [-0.4, -0.2) is 37.1 Å². The molecule has 0 amide bonds. The van der Waals surface area contributed by atoms with Gasteiger partial charge in [-0.05, 0) is 57.7 Å². The van der Waals surface area contributed by atoms with Gasteiger partial charge in [0.05, 0.1) is 0 Å². The van der Waals surface area contributed by atoms with Crippen LogP contribution in [0.4, 0.5) is 0 Å². The van der Waals surface area contributed by atoms with Crippen molar-refractivity contribution in [2.75, 3.05) is 26.2 Å². The minimum atomic E-state index is 0.759. The van der Waals surface area contributed by atoms with Crippen molar-refractivity contribution in [2.24, 2.45) is 5.92 Å². The maximum atomic E-state index is 3.67. The molecule has 1 N–H and O–H groups in total. The molecule has 1 atom stereocenters. The van der Waals surface area contributed by atoms with Crippen LogP contribution in [-0.2, 0) is 0 Å². The lowest BCUT2D eigenvalue weighted by molar-refractivity contribution is 0.218. The summed E-state index contributed by atoms with van der Waals surface area (Å²) in [5.74, 6) is 0.853. The Labute approximate surface area is 108 Å². The molecule has 0 radical (unpaired) electrons. The van der Waals surface area contributed by atoms with E-state index in [2.05, 4.69) is 31.0 Å². The summed E-state index contributed by atoms with van der Waals surface area (Å²) in [6.07, 6.45) is 8.20. The van der Waals surface area contributed by atoms with Gasteiger partial charge in [-0.2, -0.15) is 0 Å². The van der Waals surface area contributed by atoms with E-state index in [-0.39, 0.29) is 0 Å². The van der Waals surface area contributed by atoms with Crippen molar-refractivity contribution < 1.29 is 0 Å². The van der Waals surface area contributed by atoms with Gasteiger partial charge in [0.25, 0.3) is 0 Å². The van der Waals surface area contributed by atoms with Crippen LogP contribution in [0.5, 0.6) is 0 Å². The Kier molecular flexibility index (Phi) is 7.87. The summed E-state index contributed by atoms with van der Waals surface area (Å²) in [6, 6.07) is 0.759. The second kappa shape index (κ2) is 8.93. The highest BCUT2D eigenvalue weighted by atomic mass is 15.1. The quantitative estimate of drug-likeness (QED) is 0.700. The van der Waals surface area contributed by atoms with E-state index >= 15 is 0 Å². The zero-order chi connectivity index (χ0) is 12.5. The number of nitrogens with zero attached hydrogens (tertiary/aromatic N) is 1. The minimum absolute atomic E-state index is 0.759. The zero-order valence-corrected chi connectivity index (χ0v) is 12.2. The summed E-state index contributed by atoms with van der Waals surface area (Å²) < 4.78 is 0. The molecule has 0 aromatic rings. The summed E-state index contributed by atoms with van der Waals surface area (Å²) >= 11 is 0. The highest BCUT2D eigenvalue weighted by molar-refractivity contribution is 4.76. The maximum Gasteiger partial charge on any atom is 0.0195 e. The molecule has 1 unspecified atom stereocenters. The second-order valence-electron chi connectivity index (χ2n) is 5.98. The van der Waals surface area contributed by atoms with Gasteiger partial charge in [0.15, 0.2) is 0 Å². The largest absolute Gasteiger partial charge is 0.313 e. The molecule has 1 saturated heterocycles. The molecule has 0 spiro atoms. The van der Waals surface area contributed by atoms with Gasteiger partial charge in [-0.1, -0.05) is 27.2 Å². The molecule has 0 aromatic heterocycles. The summed E-state index contributed by atoms with van der Waals surface area (Å²) in [5.41, 5.74) is 0. The third-order valence-electron chi connectivity index (χ3n) is 3.69. The molecule has 1 aliphatic rings. The second-order valence-corrected chi connectivity index (χ2v) is 5.98. The molecule has 17 heavy (non-hydrogen) atoms. The van der Waals surface area contributed by atoms with Crippen molar-refractivity contribution in [1.82, 2.24) is 10.2 Å². The summed E-state index contributed by atoms with van der Waals surface area (Å²) in [4.78, 5) is 2.67. The van der Waals surface area contributed by atoms with Crippen LogP contribution in [0.3, 0.4) is 0 Å². The Morgan fingerprint density at radius 3 is 2.65 bits per heavy atom. The Bertz CT molecular complexity index is 174. The van der Waals surface area contributed by atoms with Crippen molar-refractivity contribution in [2.45, 2.75) is 65.3 Å². The highest BCUT2D eigenvalue weighted by Gasteiger charge is 2.15. The molecule has 0 aliphatic carbocycles. The highest BCUT2D eigenvalue weighted by Crippen LogP contribution is 2.10. The van der Waals surface area contributed by atoms with E-state index in [4.69, 9.17) is 0 Å². The summed E-state index contributed by atoms with van der Waals surface area (Å²) in [6.45, 7) is 12.0. The Morgan fingerprint density at radius 1 is 1.24 bits per heavy atom. The fourth-order valence-electron chi connectivity index (χ4n) is 2.73. The molecule has 2 nitrogen and oxygen atoms in total. The summed E-state index contributed by atoms with van der Waals surface area (Å²) in [5, 5.41) is 3.67. The van der Waals surface area contributed by atoms with Gasteiger partial charge in [0.1, 0.15) is 0 Å². The number of hydrogen-bond donors (Lipinski definition) is 1. The smallest absolute Gasteiger partial charge is 0.0195 e. The SMILES string of the molecule is CCCN(CCCC(C)C)CC1CCCCN1. The fraction of sp³-hybridized carbons (Fsp3) is 1.00. The van der Waals surface area contributed by atoms with Crippen molar-refractivity contribution in [3.05, 3.63) is 0 Å². The molecule has 0 bridgehead atoms. The minimum Gasteiger partial charge on any atom is -0.313 e. The number of rotatable bonds is 8. The molecule has 1 aliphatic heterocycles. The molecule has 0 saturated carbocycles. The van der Waals surface area contributed by atoms with Crippen molar-refractivity contribution in [3.63, 3.8) is 0 Å². The van der Waals surface area contributed by atoms with Gasteiger partial charge in [-0.15, -0.1) is 0 Å². The van der Waals surface area contributed by atoms with Crippen LogP contribution in [0.25, 0.3) is 0 Å². The molecular weight excluding hydrogens is 208 g/mol. The van der Waals surface area contributed by atoms with E-state index in [9.17, 15) is 0 Å². The van der Waals surface area contributed by atoms with Crippen LogP contribution >= 0.6 is 0 Å². The van der Waals surface area contributed by atoms with Crippen LogP contribution in [0.1, 0.15) is 59.3 Å². The van der Waals surface area contributed by atoms with Gasteiger partial charge < -0.3 is 10.2 Å². The third kappa shape index (κ3) is 7.05. The van der Waals surface area contributed by atoms with Gasteiger partial charge in [-0.3, -0.25) is 0 Å². The monoisotopic (exact) mass is 240 g/mol. The average molecular weight is 240 g/mol. The Hall–Kier alpha value is -0.0800. The van der Waals surface area contributed by atoms with Crippen LogP contribution in [0.2, 0.25) is 0 Å². The maximum absolute atomic E-state index is 3.67. The number of piperidine rings is 1. The predicted molar refractivity (Wildman–Crippen MR) is 76.4 cm³/mol. The van der Waals surface area contributed by atoms with Crippen molar-refractivity contribution in [1.29, 1.82) is 0 Å². The number of nitrogens with one attached hydrogen (secondary N) is 1. The van der Waals surface area contributed by atoms with E-state index in [1.807, 2.05) is 0 Å². The van der Waals surface area contributed by atoms with Crippen molar-refractivity contribution in [3.8, 4) is 0 Å². The normalized spacial score (nSPS) is 21.4. The first kappa shape index (κ1) is 15.0. The first-order valence-electron chi connectivity index (χ1n) is 7.68. The lowest BCUT2D eigenvalue weighted by Gasteiger charge is -2.30. The lowest BCUT2D eigenvalue weighted by atomic mass is 10.0. The molecule has 2 heteroatoms. The van der Waals surface area contributed by atoms with Gasteiger partial charge in [0, 0.05) is 12.6 Å². The fourth-order valence-corrected chi connectivity index (χ4v) is 2.73. The Morgan fingerprint density at radius 2 is 2.06 bits per heavy atom. The molecule has 0 aromatic carbocycles. The van der Waals surface area contributed by atoms with Crippen LogP contribution in [0, 0.1) is 5.92 Å². The van der Waals surface area contributed by atoms with Crippen LogP contribution < -0.4 is 5.32 Å². The van der Waals surface area contributed by atoms with Gasteiger partial charge in [0.2, 0.25) is 0 Å². The summed E-state index contributed by atoms with van der Waals surface area (Å²) in [7, 11) is 0. The number of hydrogen-bond acceptors (Lipinski definition) is 2. The molecular formula is C15H32N2. The molecule has 102 valence electrons. The van der Waals surface area contributed by atoms with Gasteiger partial charge in [-0.25, -0.2) is 0 Å². The van der Waals surface area contributed by atoms with E-state index in [0.717, 1.165) is 12.0 Å². The molecule has 1 heterocycles.